The van der Waals surface area contributed by atoms with Gasteiger partial charge in [0.05, 0.1) is 18.1 Å². The average molecular weight is 342 g/mol. The van der Waals surface area contributed by atoms with Gasteiger partial charge in [0.25, 0.3) is 0 Å². The third-order valence-corrected chi connectivity index (χ3v) is 4.72. The molecule has 0 unspecified atom stereocenters. The topological polar surface area (TPSA) is 27.1 Å². The Labute approximate surface area is 153 Å². The largest absolute Gasteiger partial charge is 0.497 e. The summed E-state index contributed by atoms with van der Waals surface area (Å²) < 4.78 is 7.61. The van der Waals surface area contributed by atoms with E-state index in [1.165, 1.54) is 16.6 Å². The first-order valence-electron chi connectivity index (χ1n) is 8.94. The summed E-state index contributed by atoms with van der Waals surface area (Å²) in [4.78, 5) is 4.89. The Morgan fingerprint density at radius 2 is 1.54 bits per heavy atom. The SMILES string of the molecule is COc1ccc(Cc2nc3ccccc3n2CCc2ccccc2)cc1. The van der Waals surface area contributed by atoms with Gasteiger partial charge in [0.2, 0.25) is 0 Å². The van der Waals surface area contributed by atoms with E-state index in [9.17, 15) is 0 Å². The molecule has 4 rings (SSSR count). The van der Waals surface area contributed by atoms with E-state index < -0.39 is 0 Å². The van der Waals surface area contributed by atoms with Crippen molar-refractivity contribution in [2.45, 2.75) is 19.4 Å². The summed E-state index contributed by atoms with van der Waals surface area (Å²) in [5, 5.41) is 0. The predicted molar refractivity (Wildman–Crippen MR) is 106 cm³/mol. The molecule has 3 nitrogen and oxygen atoms in total. The lowest BCUT2D eigenvalue weighted by molar-refractivity contribution is 0.414. The quantitative estimate of drug-likeness (QED) is 0.499. The van der Waals surface area contributed by atoms with E-state index in [-0.39, 0.29) is 0 Å². The summed E-state index contributed by atoms with van der Waals surface area (Å²) in [7, 11) is 1.69. The van der Waals surface area contributed by atoms with Gasteiger partial charge < -0.3 is 9.30 Å². The van der Waals surface area contributed by atoms with E-state index in [1.807, 2.05) is 18.2 Å². The molecule has 0 fully saturated rings. The van der Waals surface area contributed by atoms with Crippen LogP contribution in [0.4, 0.5) is 0 Å². The Morgan fingerprint density at radius 3 is 2.31 bits per heavy atom. The molecule has 0 saturated heterocycles. The molecule has 0 aliphatic carbocycles. The van der Waals surface area contributed by atoms with Crippen molar-refractivity contribution in [3.8, 4) is 5.75 Å². The molecule has 3 heteroatoms. The maximum atomic E-state index is 5.26. The van der Waals surface area contributed by atoms with Crippen LogP contribution in [0.5, 0.6) is 5.75 Å². The first-order chi connectivity index (χ1) is 12.8. The van der Waals surface area contributed by atoms with Gasteiger partial charge in [-0.3, -0.25) is 0 Å². The maximum Gasteiger partial charge on any atom is 0.118 e. The molecule has 0 N–H and O–H groups in total. The lowest BCUT2D eigenvalue weighted by Crippen LogP contribution is -2.07. The normalized spacial score (nSPS) is 11.0. The number of aryl methyl sites for hydroxylation is 2. The number of methoxy groups -OCH3 is 1. The third kappa shape index (κ3) is 3.47. The lowest BCUT2D eigenvalue weighted by Gasteiger charge is -2.10. The number of hydrogen-bond donors (Lipinski definition) is 0. The molecule has 0 spiro atoms. The zero-order chi connectivity index (χ0) is 17.8. The summed E-state index contributed by atoms with van der Waals surface area (Å²) >= 11 is 0. The molecule has 0 aliphatic heterocycles. The summed E-state index contributed by atoms with van der Waals surface area (Å²) in [5.74, 6) is 1.98. The Kier molecular flexibility index (Phi) is 4.69. The summed E-state index contributed by atoms with van der Waals surface area (Å²) in [6.45, 7) is 0.927. The predicted octanol–water partition coefficient (Wildman–Crippen LogP) is 4.88. The first-order valence-corrected chi connectivity index (χ1v) is 8.94. The van der Waals surface area contributed by atoms with Gasteiger partial charge in [-0.15, -0.1) is 0 Å². The fraction of sp³-hybridized carbons (Fsp3) is 0.174. The summed E-state index contributed by atoms with van der Waals surface area (Å²) in [6, 6.07) is 27.2. The highest BCUT2D eigenvalue weighted by Crippen LogP contribution is 2.20. The van der Waals surface area contributed by atoms with Crippen LogP contribution in [0.3, 0.4) is 0 Å². The van der Waals surface area contributed by atoms with E-state index in [1.54, 1.807) is 7.11 Å². The number of fused-ring (bicyclic) bond motifs is 1. The van der Waals surface area contributed by atoms with Crippen LogP contribution in [-0.2, 0) is 19.4 Å². The van der Waals surface area contributed by atoms with Crippen molar-refractivity contribution >= 4 is 11.0 Å². The van der Waals surface area contributed by atoms with Crippen LogP contribution in [-0.4, -0.2) is 16.7 Å². The highest BCUT2D eigenvalue weighted by atomic mass is 16.5. The second kappa shape index (κ2) is 7.44. The second-order valence-corrected chi connectivity index (χ2v) is 6.43. The van der Waals surface area contributed by atoms with Gasteiger partial charge in [-0.2, -0.15) is 0 Å². The fourth-order valence-electron chi connectivity index (χ4n) is 3.32. The smallest absolute Gasteiger partial charge is 0.118 e. The van der Waals surface area contributed by atoms with Crippen molar-refractivity contribution < 1.29 is 4.74 Å². The van der Waals surface area contributed by atoms with Crippen molar-refractivity contribution in [2.24, 2.45) is 0 Å². The molecular weight excluding hydrogens is 320 g/mol. The van der Waals surface area contributed by atoms with Crippen LogP contribution in [0.2, 0.25) is 0 Å². The molecule has 0 aliphatic rings. The average Bonchev–Trinajstić information content (AvgIpc) is 3.05. The second-order valence-electron chi connectivity index (χ2n) is 6.43. The Hall–Kier alpha value is -3.07. The molecule has 3 aromatic carbocycles. The highest BCUT2D eigenvalue weighted by molar-refractivity contribution is 5.76. The molecule has 0 amide bonds. The van der Waals surface area contributed by atoms with Gasteiger partial charge in [0, 0.05) is 13.0 Å². The van der Waals surface area contributed by atoms with Crippen molar-refractivity contribution in [3.63, 3.8) is 0 Å². The van der Waals surface area contributed by atoms with Gasteiger partial charge in [-0.05, 0) is 41.8 Å². The molecule has 26 heavy (non-hydrogen) atoms. The summed E-state index contributed by atoms with van der Waals surface area (Å²) in [5.41, 5.74) is 4.85. The van der Waals surface area contributed by atoms with Crippen LogP contribution in [0.15, 0.2) is 78.9 Å². The molecule has 0 atom stereocenters. The molecule has 4 aromatic rings. The van der Waals surface area contributed by atoms with E-state index in [0.29, 0.717) is 0 Å². The molecule has 0 radical (unpaired) electrons. The molecular formula is C23H22N2O. The minimum Gasteiger partial charge on any atom is -0.497 e. The number of ether oxygens (including phenoxy) is 1. The van der Waals surface area contributed by atoms with Crippen molar-refractivity contribution in [1.29, 1.82) is 0 Å². The lowest BCUT2D eigenvalue weighted by atomic mass is 10.1. The molecule has 1 heterocycles. The minimum absolute atomic E-state index is 0.813. The number of hydrogen-bond acceptors (Lipinski definition) is 2. The zero-order valence-corrected chi connectivity index (χ0v) is 14.9. The number of imidazole rings is 1. The Balaban J connectivity index is 1.64. The van der Waals surface area contributed by atoms with Crippen LogP contribution in [0.25, 0.3) is 11.0 Å². The van der Waals surface area contributed by atoms with Gasteiger partial charge in [-0.25, -0.2) is 4.98 Å². The minimum atomic E-state index is 0.813. The molecule has 0 saturated carbocycles. The Bertz CT molecular complexity index is 988. The van der Waals surface area contributed by atoms with Gasteiger partial charge in [0.1, 0.15) is 11.6 Å². The van der Waals surface area contributed by atoms with Gasteiger partial charge in [0.15, 0.2) is 0 Å². The first kappa shape index (κ1) is 16.4. The van der Waals surface area contributed by atoms with Crippen LogP contribution in [0, 0.1) is 0 Å². The zero-order valence-electron chi connectivity index (χ0n) is 14.9. The van der Waals surface area contributed by atoms with Crippen molar-refractivity contribution in [1.82, 2.24) is 9.55 Å². The van der Waals surface area contributed by atoms with Crippen LogP contribution >= 0.6 is 0 Å². The highest BCUT2D eigenvalue weighted by Gasteiger charge is 2.11. The van der Waals surface area contributed by atoms with E-state index in [4.69, 9.17) is 9.72 Å². The number of benzene rings is 3. The van der Waals surface area contributed by atoms with E-state index in [2.05, 4.69) is 65.2 Å². The fourth-order valence-corrected chi connectivity index (χ4v) is 3.32. The number of rotatable bonds is 6. The Morgan fingerprint density at radius 1 is 0.808 bits per heavy atom. The number of para-hydroxylation sites is 2. The number of aromatic nitrogens is 2. The molecule has 1 aromatic heterocycles. The van der Waals surface area contributed by atoms with E-state index in [0.717, 1.165) is 36.5 Å². The monoisotopic (exact) mass is 342 g/mol. The van der Waals surface area contributed by atoms with Crippen LogP contribution in [0.1, 0.15) is 17.0 Å². The van der Waals surface area contributed by atoms with Gasteiger partial charge in [-0.1, -0.05) is 54.6 Å². The number of nitrogens with zero attached hydrogens (tertiary/aromatic N) is 2. The van der Waals surface area contributed by atoms with Crippen LogP contribution < -0.4 is 4.74 Å². The maximum absolute atomic E-state index is 5.26. The van der Waals surface area contributed by atoms with Crippen molar-refractivity contribution in [2.75, 3.05) is 7.11 Å². The third-order valence-electron chi connectivity index (χ3n) is 4.72. The standard InChI is InChI=1S/C23H22N2O/c1-26-20-13-11-19(12-14-20)17-23-24-21-9-5-6-10-22(21)25(23)16-15-18-7-3-2-4-8-18/h2-14H,15-17H2,1H3. The summed E-state index contributed by atoms with van der Waals surface area (Å²) in [6.07, 6.45) is 1.81. The van der Waals surface area contributed by atoms with Crippen molar-refractivity contribution in [3.05, 3.63) is 95.8 Å². The molecule has 0 bridgehead atoms. The van der Waals surface area contributed by atoms with Gasteiger partial charge >= 0.3 is 0 Å². The van der Waals surface area contributed by atoms with E-state index >= 15 is 0 Å². The molecule has 130 valence electrons.